The van der Waals surface area contributed by atoms with Crippen LogP contribution in [0.25, 0.3) is 0 Å². The summed E-state index contributed by atoms with van der Waals surface area (Å²) in [6, 6.07) is 0. The molecule has 3 saturated carbocycles. The molecule has 0 amide bonds. The van der Waals surface area contributed by atoms with Crippen molar-refractivity contribution in [3.8, 4) is 0 Å². The van der Waals surface area contributed by atoms with E-state index >= 15 is 0 Å². The average molecular weight is 577 g/mol. The molecule has 0 bridgehead atoms. The Morgan fingerprint density at radius 2 is 1.71 bits per heavy atom. The fourth-order valence-electron chi connectivity index (χ4n) is 10.8. The SMILES string of the molecule is CC[C@H](CC[C@H](C)[C@H]1CC[C@H]2[C@@H]3CC=C4C[C@@H](O[C@H]5O[C@@H](CO)[C@@H](O)[C@@H](O)[C@@H]5O)CC[C@@]4(C)[C@@H]3CC[C@]12C)C(C)C. The molecule has 4 aliphatic carbocycles. The van der Waals surface area contributed by atoms with Gasteiger partial charge in [-0.2, -0.15) is 0 Å². The van der Waals surface area contributed by atoms with Crippen molar-refractivity contribution in [2.24, 2.45) is 52.3 Å². The molecule has 0 spiro atoms. The van der Waals surface area contributed by atoms with E-state index in [2.05, 4.69) is 47.6 Å². The third-order valence-corrected chi connectivity index (χ3v) is 13.5. The lowest BCUT2D eigenvalue weighted by Gasteiger charge is -2.58. The Hall–Kier alpha value is -0.500. The summed E-state index contributed by atoms with van der Waals surface area (Å²) in [5.74, 6) is 5.66. The molecule has 1 heterocycles. The molecular weight excluding hydrogens is 516 g/mol. The number of hydrogen-bond acceptors (Lipinski definition) is 6. The van der Waals surface area contributed by atoms with E-state index in [4.69, 9.17) is 9.47 Å². The van der Waals surface area contributed by atoms with Crippen molar-refractivity contribution in [1.29, 1.82) is 0 Å². The van der Waals surface area contributed by atoms with Crippen LogP contribution < -0.4 is 0 Å². The molecule has 6 nitrogen and oxygen atoms in total. The van der Waals surface area contributed by atoms with E-state index in [-0.39, 0.29) is 11.5 Å². The van der Waals surface area contributed by atoms with Gasteiger partial charge in [0.1, 0.15) is 24.4 Å². The summed E-state index contributed by atoms with van der Waals surface area (Å²) in [6.07, 6.45) is 9.92. The Balaban J connectivity index is 1.24. The van der Waals surface area contributed by atoms with E-state index in [9.17, 15) is 20.4 Å². The van der Waals surface area contributed by atoms with Gasteiger partial charge in [0.2, 0.25) is 0 Å². The normalized spacial score (nSPS) is 47.7. The Kier molecular flexibility index (Phi) is 9.71. The summed E-state index contributed by atoms with van der Waals surface area (Å²) in [4.78, 5) is 0. The fraction of sp³-hybridized carbons (Fsp3) is 0.943. The van der Waals surface area contributed by atoms with Crippen molar-refractivity contribution in [3.05, 3.63) is 11.6 Å². The minimum atomic E-state index is -1.40. The van der Waals surface area contributed by atoms with Gasteiger partial charge in [-0.3, -0.25) is 0 Å². The molecule has 0 radical (unpaired) electrons. The maximum absolute atomic E-state index is 10.5. The molecule has 0 aromatic rings. The van der Waals surface area contributed by atoms with Crippen LogP contribution in [-0.4, -0.2) is 63.8 Å². The van der Waals surface area contributed by atoms with Gasteiger partial charge >= 0.3 is 0 Å². The van der Waals surface area contributed by atoms with E-state index in [1.165, 1.54) is 56.9 Å². The summed E-state index contributed by atoms with van der Waals surface area (Å²) in [5.41, 5.74) is 2.19. The van der Waals surface area contributed by atoms with Gasteiger partial charge in [-0.05, 0) is 110 Å². The first kappa shape index (κ1) is 31.9. The second kappa shape index (κ2) is 12.5. The number of hydrogen-bond donors (Lipinski definition) is 4. The van der Waals surface area contributed by atoms with Crippen molar-refractivity contribution in [2.75, 3.05) is 6.61 Å². The van der Waals surface area contributed by atoms with Crippen LogP contribution in [0.15, 0.2) is 11.6 Å². The zero-order valence-corrected chi connectivity index (χ0v) is 26.7. The van der Waals surface area contributed by atoms with Gasteiger partial charge in [-0.15, -0.1) is 0 Å². The highest BCUT2D eigenvalue weighted by Gasteiger charge is 2.59. The molecule has 1 aliphatic heterocycles. The molecular formula is C35H60O6. The summed E-state index contributed by atoms with van der Waals surface area (Å²) in [6.45, 7) is 14.5. The molecule has 4 N–H and O–H groups in total. The molecule has 0 aromatic carbocycles. The van der Waals surface area contributed by atoms with E-state index < -0.39 is 37.3 Å². The summed E-state index contributed by atoms with van der Waals surface area (Å²) < 4.78 is 11.9. The maximum Gasteiger partial charge on any atom is 0.186 e. The second-order valence-electron chi connectivity index (χ2n) is 15.7. The lowest BCUT2D eigenvalue weighted by atomic mass is 9.47. The highest BCUT2D eigenvalue weighted by Crippen LogP contribution is 2.67. The number of aliphatic hydroxyl groups is 4. The molecule has 0 aromatic heterocycles. The van der Waals surface area contributed by atoms with Crippen molar-refractivity contribution >= 4 is 0 Å². The summed E-state index contributed by atoms with van der Waals surface area (Å²) >= 11 is 0. The Labute approximate surface area is 249 Å². The molecule has 5 rings (SSSR count). The molecule has 1 saturated heterocycles. The summed E-state index contributed by atoms with van der Waals surface area (Å²) in [5, 5.41) is 40.4. The maximum atomic E-state index is 10.5. The zero-order valence-electron chi connectivity index (χ0n) is 26.7. The molecule has 4 fully saturated rings. The van der Waals surface area contributed by atoms with Gasteiger partial charge < -0.3 is 29.9 Å². The lowest BCUT2D eigenvalue weighted by Crippen LogP contribution is -2.60. The lowest BCUT2D eigenvalue weighted by molar-refractivity contribution is -0.313. The fourth-order valence-corrected chi connectivity index (χ4v) is 10.8. The number of rotatable bonds is 9. The average Bonchev–Trinajstić information content (AvgIpc) is 3.30. The predicted octanol–water partition coefficient (Wildman–Crippen LogP) is 5.85. The smallest absolute Gasteiger partial charge is 0.186 e. The van der Waals surface area contributed by atoms with Crippen molar-refractivity contribution in [1.82, 2.24) is 0 Å². The number of allylic oxidation sites excluding steroid dienone is 1. The van der Waals surface area contributed by atoms with Crippen molar-refractivity contribution in [2.45, 2.75) is 149 Å². The highest BCUT2D eigenvalue weighted by molar-refractivity contribution is 5.25. The van der Waals surface area contributed by atoms with Crippen LogP contribution in [0.3, 0.4) is 0 Å². The van der Waals surface area contributed by atoms with Crippen LogP contribution >= 0.6 is 0 Å². The molecule has 0 unspecified atom stereocenters. The predicted molar refractivity (Wildman–Crippen MR) is 161 cm³/mol. The second-order valence-corrected chi connectivity index (χ2v) is 15.7. The van der Waals surface area contributed by atoms with Gasteiger partial charge in [0.25, 0.3) is 0 Å². The molecule has 6 heteroatoms. The Morgan fingerprint density at radius 3 is 2.39 bits per heavy atom. The molecule has 236 valence electrons. The highest BCUT2D eigenvalue weighted by atomic mass is 16.7. The topological polar surface area (TPSA) is 99.4 Å². The zero-order chi connectivity index (χ0) is 29.7. The number of aliphatic hydroxyl groups excluding tert-OH is 4. The van der Waals surface area contributed by atoms with Crippen LogP contribution in [0.4, 0.5) is 0 Å². The van der Waals surface area contributed by atoms with Crippen LogP contribution in [-0.2, 0) is 9.47 Å². The third-order valence-electron chi connectivity index (χ3n) is 13.5. The van der Waals surface area contributed by atoms with Crippen molar-refractivity contribution in [3.63, 3.8) is 0 Å². The summed E-state index contributed by atoms with van der Waals surface area (Å²) in [7, 11) is 0. The quantitative estimate of drug-likeness (QED) is 0.257. The minimum Gasteiger partial charge on any atom is -0.394 e. The standard InChI is InChI=1S/C35H60O6/c1-7-22(20(2)3)9-8-21(4)26-12-13-27-25-11-10-23-18-24(14-16-34(23,5)28(25)15-17-35(26,27)6)40-33-32(39)31(38)30(37)29(19-36)41-33/h10,20-22,24-33,36-39H,7-9,11-19H2,1-6H3/t21-,22+,24-,25-,26+,27-,28+,29-,30+,31+,32-,33-,34+,35+/m0/s1. The molecule has 14 atom stereocenters. The Morgan fingerprint density at radius 1 is 0.951 bits per heavy atom. The van der Waals surface area contributed by atoms with Crippen LogP contribution in [0.1, 0.15) is 112 Å². The first-order valence-electron chi connectivity index (χ1n) is 17.1. The first-order chi connectivity index (χ1) is 19.4. The third kappa shape index (κ3) is 5.73. The molecule has 5 aliphatic rings. The monoisotopic (exact) mass is 576 g/mol. The van der Waals surface area contributed by atoms with Crippen LogP contribution in [0.2, 0.25) is 0 Å². The van der Waals surface area contributed by atoms with E-state index in [1.54, 1.807) is 0 Å². The van der Waals surface area contributed by atoms with Gasteiger partial charge in [-0.1, -0.05) is 66.0 Å². The van der Waals surface area contributed by atoms with E-state index in [0.29, 0.717) is 5.41 Å². The Bertz CT molecular complexity index is 918. The molecule has 41 heavy (non-hydrogen) atoms. The van der Waals surface area contributed by atoms with Gasteiger partial charge in [0.05, 0.1) is 12.7 Å². The van der Waals surface area contributed by atoms with Gasteiger partial charge in [0, 0.05) is 0 Å². The number of fused-ring (bicyclic) bond motifs is 5. The minimum absolute atomic E-state index is 0.101. The van der Waals surface area contributed by atoms with E-state index in [1.807, 2.05) is 0 Å². The van der Waals surface area contributed by atoms with E-state index in [0.717, 1.165) is 60.7 Å². The number of ether oxygens (including phenoxy) is 2. The largest absolute Gasteiger partial charge is 0.394 e. The van der Waals surface area contributed by atoms with Crippen LogP contribution in [0.5, 0.6) is 0 Å². The van der Waals surface area contributed by atoms with Crippen LogP contribution in [0, 0.1) is 52.3 Å². The van der Waals surface area contributed by atoms with Gasteiger partial charge in [0.15, 0.2) is 6.29 Å². The first-order valence-corrected chi connectivity index (χ1v) is 17.1. The van der Waals surface area contributed by atoms with Crippen molar-refractivity contribution < 1.29 is 29.9 Å². The van der Waals surface area contributed by atoms with Gasteiger partial charge in [-0.25, -0.2) is 0 Å².